The summed E-state index contributed by atoms with van der Waals surface area (Å²) in [5.74, 6) is 1.31. The largest absolute Gasteiger partial charge is 0.508 e. The highest BCUT2D eigenvalue weighted by Gasteiger charge is 2.68. The zero-order valence-corrected chi connectivity index (χ0v) is 31.5. The first kappa shape index (κ1) is 37.6. The molecule has 0 aromatic heterocycles. The minimum absolute atomic E-state index is 0.110. The maximum atomic E-state index is 15.3. The summed E-state index contributed by atoms with van der Waals surface area (Å²) in [4.78, 5) is 18.8. The van der Waals surface area contributed by atoms with Crippen LogP contribution in [0.1, 0.15) is 45.7 Å². The number of phenols is 2. The molecule has 1 spiro atoms. The van der Waals surface area contributed by atoms with Gasteiger partial charge in [0.25, 0.3) is 0 Å². The summed E-state index contributed by atoms with van der Waals surface area (Å²) < 4.78 is 12.1. The Morgan fingerprint density at radius 2 is 1.04 bits per heavy atom. The molecule has 0 bridgehead atoms. The summed E-state index contributed by atoms with van der Waals surface area (Å²) in [6.45, 7) is 1.17. The van der Waals surface area contributed by atoms with Crippen molar-refractivity contribution in [3.8, 4) is 23.0 Å². The number of aliphatic hydroxyl groups is 2. The molecule has 2 fully saturated rings. The molecule has 1 aliphatic carbocycles. The molecule has 1 heterocycles. The summed E-state index contributed by atoms with van der Waals surface area (Å²) >= 11 is 0. The number of phenolic OH excluding ortho intramolecular Hbond substituents is 2. The molecular formula is C48H46N2O7. The molecule has 9 nitrogen and oxygen atoms in total. The number of aromatic hydroxyl groups is 2. The van der Waals surface area contributed by atoms with Gasteiger partial charge in [-0.1, -0.05) is 109 Å². The molecule has 1 unspecified atom stereocenters. The zero-order valence-electron chi connectivity index (χ0n) is 31.5. The molecule has 9 heteroatoms. The first-order chi connectivity index (χ1) is 27.8. The highest BCUT2D eigenvalue weighted by atomic mass is 16.5. The third kappa shape index (κ3) is 8.31. The van der Waals surface area contributed by atoms with Crippen molar-refractivity contribution >= 4 is 6.03 Å². The highest BCUT2D eigenvalue weighted by Crippen LogP contribution is 2.60. The van der Waals surface area contributed by atoms with Crippen LogP contribution in [0, 0.1) is 0 Å². The molecule has 2 amide bonds. The van der Waals surface area contributed by atoms with Gasteiger partial charge >= 0.3 is 6.03 Å². The van der Waals surface area contributed by atoms with Gasteiger partial charge in [0.2, 0.25) is 0 Å². The van der Waals surface area contributed by atoms with E-state index in [0.717, 1.165) is 33.4 Å². The van der Waals surface area contributed by atoms with Gasteiger partial charge in [-0.2, -0.15) is 0 Å². The van der Waals surface area contributed by atoms with Crippen LogP contribution in [0.15, 0.2) is 158 Å². The van der Waals surface area contributed by atoms with Crippen LogP contribution in [0.5, 0.6) is 23.0 Å². The van der Waals surface area contributed by atoms with Crippen LogP contribution >= 0.6 is 0 Å². The Labute approximate surface area is 332 Å². The van der Waals surface area contributed by atoms with Crippen LogP contribution in [-0.4, -0.2) is 60.0 Å². The number of aliphatic hydroxyl groups excluding tert-OH is 2. The Morgan fingerprint density at radius 3 is 1.56 bits per heavy atom. The summed E-state index contributed by atoms with van der Waals surface area (Å²) in [5, 5.41) is 44.8. The zero-order chi connectivity index (χ0) is 39.4. The summed E-state index contributed by atoms with van der Waals surface area (Å²) in [6, 6.07) is 47.5. The van der Waals surface area contributed by atoms with Gasteiger partial charge in [0.05, 0.1) is 11.6 Å². The predicted molar refractivity (Wildman–Crippen MR) is 217 cm³/mol. The standard InChI is InChI=1S/C48H46N2O7/c51-39-19-11-33(12-20-39)27-44-45(53)46(54)48(28-43(48)38-17-21-40(52)22-18-38)50(30-35-15-25-42(26-16-35)57-32-37-9-5-2-6-10-37)47(55)49(44)29-34-13-23-41(24-14-34)56-31-36-7-3-1-4-8-36/h1-26,43-46,51-54H,27-32H2/t43-,44-,45+,46-,48?/m1/s1. The number of hydrogen-bond acceptors (Lipinski definition) is 7. The van der Waals surface area contributed by atoms with Gasteiger partial charge in [0.15, 0.2) is 0 Å². The van der Waals surface area contributed by atoms with Gasteiger partial charge in [-0.3, -0.25) is 0 Å². The van der Waals surface area contributed by atoms with Crippen LogP contribution in [-0.2, 0) is 32.7 Å². The molecule has 1 aliphatic heterocycles. The molecule has 8 rings (SSSR count). The fourth-order valence-electron chi connectivity index (χ4n) is 8.08. The predicted octanol–water partition coefficient (Wildman–Crippen LogP) is 7.95. The van der Waals surface area contributed by atoms with Crippen molar-refractivity contribution in [2.24, 2.45) is 0 Å². The van der Waals surface area contributed by atoms with Crippen LogP contribution in [0.2, 0.25) is 0 Å². The van der Waals surface area contributed by atoms with Crippen molar-refractivity contribution in [2.75, 3.05) is 0 Å². The first-order valence-corrected chi connectivity index (χ1v) is 19.3. The van der Waals surface area contributed by atoms with Crippen molar-refractivity contribution in [2.45, 2.75) is 68.9 Å². The number of benzene rings is 6. The van der Waals surface area contributed by atoms with Crippen molar-refractivity contribution in [1.82, 2.24) is 9.80 Å². The van der Waals surface area contributed by atoms with Crippen LogP contribution < -0.4 is 9.47 Å². The van der Waals surface area contributed by atoms with Gasteiger partial charge in [-0.25, -0.2) is 4.79 Å². The van der Waals surface area contributed by atoms with Crippen molar-refractivity contribution in [1.29, 1.82) is 0 Å². The molecule has 0 radical (unpaired) electrons. The topological polar surface area (TPSA) is 123 Å². The Bertz CT molecular complexity index is 2230. The average Bonchev–Trinajstić information content (AvgIpc) is 4.01. The number of ether oxygens (including phenoxy) is 2. The van der Waals surface area contributed by atoms with E-state index in [1.165, 1.54) is 0 Å². The lowest BCUT2D eigenvalue weighted by molar-refractivity contribution is -0.0502. The number of nitrogens with zero attached hydrogens (tertiary/aromatic N) is 2. The van der Waals surface area contributed by atoms with E-state index in [1.807, 2.05) is 121 Å². The van der Waals surface area contributed by atoms with Gasteiger partial charge < -0.3 is 39.7 Å². The number of urea groups is 1. The Balaban J connectivity index is 1.12. The average molecular weight is 763 g/mol. The molecule has 1 saturated carbocycles. The first-order valence-electron chi connectivity index (χ1n) is 19.3. The van der Waals surface area contributed by atoms with Gasteiger partial charge in [-0.05, 0) is 94.8 Å². The smallest absolute Gasteiger partial charge is 0.321 e. The van der Waals surface area contributed by atoms with Crippen LogP contribution in [0.3, 0.4) is 0 Å². The maximum absolute atomic E-state index is 15.3. The molecule has 6 aromatic carbocycles. The molecule has 4 N–H and O–H groups in total. The molecule has 6 aromatic rings. The van der Waals surface area contributed by atoms with E-state index in [1.54, 1.807) is 46.2 Å². The van der Waals surface area contributed by atoms with Gasteiger partial charge in [-0.15, -0.1) is 0 Å². The highest BCUT2D eigenvalue weighted by molar-refractivity contribution is 5.78. The third-order valence-corrected chi connectivity index (χ3v) is 11.3. The Morgan fingerprint density at radius 1 is 0.561 bits per heavy atom. The van der Waals surface area contributed by atoms with Crippen LogP contribution in [0.4, 0.5) is 4.79 Å². The quantitative estimate of drug-likeness (QED) is 0.0942. The lowest BCUT2D eigenvalue weighted by Gasteiger charge is -2.36. The lowest BCUT2D eigenvalue weighted by atomic mass is 9.90. The number of carbonyl (C=O) groups excluding carboxylic acids is 1. The fourth-order valence-corrected chi connectivity index (χ4v) is 8.08. The van der Waals surface area contributed by atoms with E-state index in [9.17, 15) is 20.4 Å². The van der Waals surface area contributed by atoms with E-state index in [0.29, 0.717) is 31.1 Å². The minimum atomic E-state index is -1.32. The summed E-state index contributed by atoms with van der Waals surface area (Å²) in [7, 11) is 0. The molecule has 290 valence electrons. The molecule has 2 aliphatic rings. The normalized spacial score (nSPS) is 21.6. The Hall–Kier alpha value is -6.29. The number of amides is 2. The monoisotopic (exact) mass is 762 g/mol. The van der Waals surface area contributed by atoms with Crippen molar-refractivity contribution < 1.29 is 34.7 Å². The van der Waals surface area contributed by atoms with E-state index < -0.39 is 23.8 Å². The molecule has 1 saturated heterocycles. The fraction of sp³-hybridized carbons (Fsp3) is 0.229. The number of rotatable bonds is 13. The van der Waals surface area contributed by atoms with Crippen molar-refractivity contribution in [3.05, 3.63) is 191 Å². The summed E-state index contributed by atoms with van der Waals surface area (Å²) in [5.41, 5.74) is 4.29. The van der Waals surface area contributed by atoms with Crippen molar-refractivity contribution in [3.63, 3.8) is 0 Å². The van der Waals surface area contributed by atoms with E-state index >= 15 is 4.79 Å². The van der Waals surface area contributed by atoms with E-state index in [-0.39, 0.29) is 43.0 Å². The Kier molecular flexibility index (Phi) is 10.8. The SMILES string of the molecule is O=C1N(Cc2ccc(OCc3ccccc3)cc2)[C@H](Cc2ccc(O)cc2)[C@H](O)[C@@H](O)C2(C[C@@H]2c2ccc(O)cc2)N1Cc1ccc(OCc2ccccc2)cc1. The second kappa shape index (κ2) is 16.4. The van der Waals surface area contributed by atoms with E-state index in [4.69, 9.17) is 9.47 Å². The van der Waals surface area contributed by atoms with E-state index in [2.05, 4.69) is 0 Å². The minimum Gasteiger partial charge on any atom is -0.508 e. The van der Waals surface area contributed by atoms with Gasteiger partial charge in [0.1, 0.15) is 48.4 Å². The lowest BCUT2D eigenvalue weighted by Crippen LogP contribution is -2.52. The summed E-state index contributed by atoms with van der Waals surface area (Å²) in [6.07, 6.45) is -1.97. The second-order valence-corrected chi connectivity index (χ2v) is 15.0. The molecule has 5 atom stereocenters. The second-order valence-electron chi connectivity index (χ2n) is 15.0. The number of hydrogen-bond donors (Lipinski definition) is 4. The number of carbonyl (C=O) groups is 1. The maximum Gasteiger partial charge on any atom is 0.321 e. The molecular weight excluding hydrogens is 717 g/mol. The van der Waals surface area contributed by atoms with Gasteiger partial charge in [0, 0.05) is 19.0 Å². The third-order valence-electron chi connectivity index (χ3n) is 11.3. The van der Waals surface area contributed by atoms with Crippen LogP contribution in [0.25, 0.3) is 0 Å². The molecule has 57 heavy (non-hydrogen) atoms.